The summed E-state index contributed by atoms with van der Waals surface area (Å²) >= 11 is 0. The Morgan fingerprint density at radius 2 is 2.19 bits per heavy atom. The largest absolute Gasteiger partial charge is 0.477 e. The Morgan fingerprint density at radius 3 is 2.69 bits per heavy atom. The maximum absolute atomic E-state index is 11.1. The first-order valence-electron chi connectivity index (χ1n) is 5.44. The average Bonchev–Trinajstić information content (AvgIpc) is 2.40. The van der Waals surface area contributed by atoms with Gasteiger partial charge in [-0.25, -0.2) is 4.79 Å². The number of aromatic carboxylic acids is 1. The van der Waals surface area contributed by atoms with Gasteiger partial charge < -0.3 is 10.4 Å². The van der Waals surface area contributed by atoms with Crippen LogP contribution >= 0.6 is 0 Å². The Balaban J connectivity index is 2.82. The maximum atomic E-state index is 11.1. The van der Waals surface area contributed by atoms with E-state index in [-0.39, 0.29) is 5.56 Å². The molecule has 0 aliphatic rings. The van der Waals surface area contributed by atoms with E-state index in [0.717, 1.165) is 13.0 Å². The van der Waals surface area contributed by atoms with Gasteiger partial charge in [0.2, 0.25) is 0 Å². The van der Waals surface area contributed by atoms with Crippen molar-refractivity contribution in [2.45, 2.75) is 27.2 Å². The Morgan fingerprint density at radius 1 is 1.56 bits per heavy atom. The number of aryl methyl sites for hydroxylation is 2. The first-order chi connectivity index (χ1) is 7.43. The second-order valence-electron chi connectivity index (χ2n) is 4.35. The van der Waals surface area contributed by atoms with Crippen LogP contribution in [-0.2, 0) is 7.05 Å². The molecular formula is C11H19N3O2. The molecule has 0 aliphatic heterocycles. The molecule has 0 saturated carbocycles. The minimum absolute atomic E-state index is 0.270. The highest BCUT2D eigenvalue weighted by molar-refractivity contribution is 5.94. The van der Waals surface area contributed by atoms with Gasteiger partial charge in [-0.05, 0) is 19.3 Å². The van der Waals surface area contributed by atoms with Gasteiger partial charge in [-0.2, -0.15) is 5.10 Å². The predicted octanol–water partition coefficient (Wildman–Crippen LogP) is 1.88. The molecule has 1 aromatic rings. The lowest BCUT2D eigenvalue weighted by Crippen LogP contribution is -2.11. The lowest BCUT2D eigenvalue weighted by Gasteiger charge is -2.09. The molecule has 2 N–H and O–H groups in total. The molecule has 0 aliphatic carbocycles. The third-order valence-electron chi connectivity index (χ3n) is 2.45. The smallest absolute Gasteiger partial charge is 0.341 e. The summed E-state index contributed by atoms with van der Waals surface area (Å²) < 4.78 is 1.58. The van der Waals surface area contributed by atoms with Gasteiger partial charge >= 0.3 is 5.97 Å². The minimum atomic E-state index is -0.933. The van der Waals surface area contributed by atoms with E-state index < -0.39 is 5.97 Å². The zero-order valence-corrected chi connectivity index (χ0v) is 10.2. The molecular weight excluding hydrogens is 206 g/mol. The molecule has 0 aromatic carbocycles. The molecule has 0 bridgehead atoms. The van der Waals surface area contributed by atoms with E-state index >= 15 is 0 Å². The van der Waals surface area contributed by atoms with Crippen molar-refractivity contribution in [2.24, 2.45) is 13.0 Å². The lowest BCUT2D eigenvalue weighted by atomic mass is 10.1. The fourth-order valence-electron chi connectivity index (χ4n) is 1.60. The summed E-state index contributed by atoms with van der Waals surface area (Å²) in [7, 11) is 1.75. The van der Waals surface area contributed by atoms with Crippen molar-refractivity contribution < 1.29 is 9.90 Å². The summed E-state index contributed by atoms with van der Waals surface area (Å²) in [6, 6.07) is 0. The zero-order chi connectivity index (χ0) is 12.3. The van der Waals surface area contributed by atoms with E-state index in [4.69, 9.17) is 5.11 Å². The summed E-state index contributed by atoms with van der Waals surface area (Å²) in [6.45, 7) is 6.73. The monoisotopic (exact) mass is 225 g/mol. The number of carboxylic acids is 1. The SMILES string of the molecule is Cc1nn(C)c(NCCC(C)C)c1C(=O)O. The number of nitrogens with zero attached hydrogens (tertiary/aromatic N) is 2. The van der Waals surface area contributed by atoms with Crippen LogP contribution < -0.4 is 5.32 Å². The second kappa shape index (κ2) is 5.01. The number of hydrogen-bond acceptors (Lipinski definition) is 3. The number of carbonyl (C=O) groups is 1. The molecule has 0 radical (unpaired) electrons. The Kier molecular flexibility index (Phi) is 3.93. The third-order valence-corrected chi connectivity index (χ3v) is 2.45. The zero-order valence-electron chi connectivity index (χ0n) is 10.2. The van der Waals surface area contributed by atoms with Crippen LogP contribution in [0.15, 0.2) is 0 Å². The molecule has 0 saturated heterocycles. The number of anilines is 1. The standard InChI is InChI=1S/C11H19N3O2/c1-7(2)5-6-12-10-9(11(15)16)8(3)13-14(10)4/h7,12H,5-6H2,1-4H3,(H,15,16). The van der Waals surface area contributed by atoms with Crippen LogP contribution in [0.5, 0.6) is 0 Å². The van der Waals surface area contributed by atoms with Crippen molar-refractivity contribution in [3.8, 4) is 0 Å². The molecule has 16 heavy (non-hydrogen) atoms. The second-order valence-corrected chi connectivity index (χ2v) is 4.35. The molecule has 90 valence electrons. The van der Waals surface area contributed by atoms with Crippen molar-refractivity contribution in [3.05, 3.63) is 11.3 Å². The molecule has 1 heterocycles. The third kappa shape index (κ3) is 2.74. The predicted molar refractivity (Wildman–Crippen MR) is 62.8 cm³/mol. The van der Waals surface area contributed by atoms with E-state index in [1.54, 1.807) is 18.7 Å². The highest BCUT2D eigenvalue weighted by Gasteiger charge is 2.18. The topological polar surface area (TPSA) is 67.2 Å². The van der Waals surface area contributed by atoms with Gasteiger partial charge in [0.05, 0.1) is 5.69 Å². The van der Waals surface area contributed by atoms with Gasteiger partial charge in [0.25, 0.3) is 0 Å². The van der Waals surface area contributed by atoms with Crippen molar-refractivity contribution in [3.63, 3.8) is 0 Å². The molecule has 1 aromatic heterocycles. The van der Waals surface area contributed by atoms with Crippen LogP contribution in [0.3, 0.4) is 0 Å². The van der Waals surface area contributed by atoms with Crippen molar-refractivity contribution in [2.75, 3.05) is 11.9 Å². The van der Waals surface area contributed by atoms with Crippen LogP contribution in [0, 0.1) is 12.8 Å². The highest BCUT2D eigenvalue weighted by Crippen LogP contribution is 2.18. The number of carboxylic acid groups (broad SMARTS) is 1. The van der Waals surface area contributed by atoms with Crippen molar-refractivity contribution >= 4 is 11.8 Å². The quantitative estimate of drug-likeness (QED) is 0.803. The Labute approximate surface area is 95.5 Å². The number of rotatable bonds is 5. The average molecular weight is 225 g/mol. The van der Waals surface area contributed by atoms with E-state index in [9.17, 15) is 4.79 Å². The fourth-order valence-corrected chi connectivity index (χ4v) is 1.60. The van der Waals surface area contributed by atoms with E-state index in [0.29, 0.717) is 17.4 Å². The van der Waals surface area contributed by atoms with Crippen LogP contribution in [0.4, 0.5) is 5.82 Å². The van der Waals surface area contributed by atoms with Crippen molar-refractivity contribution in [1.29, 1.82) is 0 Å². The summed E-state index contributed by atoms with van der Waals surface area (Å²) in [4.78, 5) is 11.1. The summed E-state index contributed by atoms with van der Waals surface area (Å²) in [5.41, 5.74) is 0.813. The summed E-state index contributed by atoms with van der Waals surface area (Å²) in [5, 5.41) is 16.3. The van der Waals surface area contributed by atoms with Gasteiger partial charge in [-0.1, -0.05) is 13.8 Å². The van der Waals surface area contributed by atoms with Crippen molar-refractivity contribution in [1.82, 2.24) is 9.78 Å². The summed E-state index contributed by atoms with van der Waals surface area (Å²) in [6.07, 6.45) is 1.00. The molecule has 0 unspecified atom stereocenters. The maximum Gasteiger partial charge on any atom is 0.341 e. The number of nitrogens with one attached hydrogen (secondary N) is 1. The van der Waals surface area contributed by atoms with Crippen LogP contribution in [-0.4, -0.2) is 27.4 Å². The number of aromatic nitrogens is 2. The first kappa shape index (κ1) is 12.5. The molecule has 5 heteroatoms. The minimum Gasteiger partial charge on any atom is -0.477 e. The van der Waals surface area contributed by atoms with Crippen LogP contribution in [0.2, 0.25) is 0 Å². The number of hydrogen-bond donors (Lipinski definition) is 2. The lowest BCUT2D eigenvalue weighted by molar-refractivity contribution is 0.0697. The Hall–Kier alpha value is -1.52. The van der Waals surface area contributed by atoms with Crippen LogP contribution in [0.25, 0.3) is 0 Å². The van der Waals surface area contributed by atoms with E-state index in [1.165, 1.54) is 0 Å². The Bertz CT molecular complexity index is 383. The van der Waals surface area contributed by atoms with E-state index in [2.05, 4.69) is 24.3 Å². The van der Waals surface area contributed by atoms with E-state index in [1.807, 2.05) is 0 Å². The first-order valence-corrected chi connectivity index (χ1v) is 5.44. The highest BCUT2D eigenvalue weighted by atomic mass is 16.4. The molecule has 0 amide bonds. The molecule has 0 fully saturated rings. The molecule has 5 nitrogen and oxygen atoms in total. The fraction of sp³-hybridized carbons (Fsp3) is 0.636. The van der Waals surface area contributed by atoms with Gasteiger partial charge in [0.1, 0.15) is 11.4 Å². The van der Waals surface area contributed by atoms with Gasteiger partial charge in [0, 0.05) is 13.6 Å². The molecule has 1 rings (SSSR count). The molecule has 0 atom stereocenters. The van der Waals surface area contributed by atoms with Gasteiger partial charge in [0.15, 0.2) is 0 Å². The molecule has 0 spiro atoms. The van der Waals surface area contributed by atoms with Crippen LogP contribution in [0.1, 0.15) is 36.3 Å². The normalized spacial score (nSPS) is 10.8. The summed E-state index contributed by atoms with van der Waals surface area (Å²) in [5.74, 6) is 0.249. The van der Waals surface area contributed by atoms with Gasteiger partial charge in [-0.15, -0.1) is 0 Å². The van der Waals surface area contributed by atoms with Gasteiger partial charge in [-0.3, -0.25) is 4.68 Å².